The minimum Gasteiger partial charge on any atom is -0.379 e. The van der Waals surface area contributed by atoms with Crippen LogP contribution in [0.5, 0.6) is 0 Å². The molecule has 1 fully saturated rings. The lowest BCUT2D eigenvalue weighted by Crippen LogP contribution is -2.56. The van der Waals surface area contributed by atoms with Crippen LogP contribution in [0.15, 0.2) is 54.7 Å². The number of fused-ring (bicyclic) bond motifs is 1. The molecule has 4 rings (SSSR count). The van der Waals surface area contributed by atoms with E-state index in [1.807, 2.05) is 24.4 Å². The maximum Gasteiger partial charge on any atom is 0.252 e. The molecule has 2 aromatic heterocycles. The molecular formula is C24H28N4O3. The Hall–Kier alpha value is -3.19. The predicted octanol–water partition coefficient (Wildman–Crippen LogP) is 2.79. The van der Waals surface area contributed by atoms with Crippen molar-refractivity contribution >= 4 is 22.8 Å². The van der Waals surface area contributed by atoms with Crippen LogP contribution < -0.4 is 5.32 Å². The third-order valence-corrected chi connectivity index (χ3v) is 5.59. The van der Waals surface area contributed by atoms with E-state index in [0.29, 0.717) is 31.9 Å². The van der Waals surface area contributed by atoms with Crippen molar-refractivity contribution in [3.05, 3.63) is 66.0 Å². The Bertz CT molecular complexity index is 1060. The molecule has 0 bridgehead atoms. The topological polar surface area (TPSA) is 87.3 Å². The number of nitrogens with zero attached hydrogens (tertiary/aromatic N) is 2. The Balaban J connectivity index is 1.43. The number of hydrogen-bond acceptors (Lipinski definition) is 4. The van der Waals surface area contributed by atoms with Gasteiger partial charge in [0.15, 0.2) is 0 Å². The summed E-state index contributed by atoms with van der Waals surface area (Å²) in [5.74, 6) is -0.239. The number of nitrogens with one attached hydrogen (secondary N) is 2. The van der Waals surface area contributed by atoms with E-state index in [2.05, 4.69) is 21.4 Å². The highest BCUT2D eigenvalue weighted by Crippen LogP contribution is 2.19. The molecule has 7 heteroatoms. The van der Waals surface area contributed by atoms with Crippen LogP contribution in [-0.2, 0) is 16.0 Å². The van der Waals surface area contributed by atoms with Crippen molar-refractivity contribution < 1.29 is 14.3 Å². The number of aromatic amines is 1. The summed E-state index contributed by atoms with van der Waals surface area (Å²) in [5, 5.41) is 3.96. The lowest BCUT2D eigenvalue weighted by atomic mass is 9.99. The second-order valence-corrected chi connectivity index (χ2v) is 8.56. The fourth-order valence-electron chi connectivity index (χ4n) is 3.96. The van der Waals surface area contributed by atoms with Gasteiger partial charge in [0.05, 0.1) is 13.2 Å². The maximum absolute atomic E-state index is 13.3. The first-order valence-electron chi connectivity index (χ1n) is 10.6. The minimum atomic E-state index is -1.02. The highest BCUT2D eigenvalue weighted by molar-refractivity contribution is 5.98. The van der Waals surface area contributed by atoms with Crippen molar-refractivity contribution in [2.45, 2.75) is 25.8 Å². The summed E-state index contributed by atoms with van der Waals surface area (Å²) in [4.78, 5) is 35.5. The molecule has 31 heavy (non-hydrogen) atoms. The molecule has 0 saturated carbocycles. The first-order valence-corrected chi connectivity index (χ1v) is 10.6. The second-order valence-electron chi connectivity index (χ2n) is 8.56. The normalized spacial score (nSPS) is 17.4. The maximum atomic E-state index is 13.3. The van der Waals surface area contributed by atoms with E-state index < -0.39 is 5.54 Å². The van der Waals surface area contributed by atoms with Crippen molar-refractivity contribution in [2.75, 3.05) is 26.3 Å². The number of ether oxygens (including phenoxy) is 1. The summed E-state index contributed by atoms with van der Waals surface area (Å²) in [7, 11) is 0. The molecule has 1 saturated heterocycles. The standard InChI is InChI=1S/C24H28N4O3/c1-24(2,27-22(29)19-6-4-3-5-7-19)23(30)28-12-13-31-16-17(15-28)14-20-9-8-18-10-11-25-21(18)26-20/h3-11,17H,12-16H2,1-2H3,(H,25,26)(H,27,29). The number of hydrogen-bond donors (Lipinski definition) is 2. The van der Waals surface area contributed by atoms with Crippen molar-refractivity contribution in [2.24, 2.45) is 5.92 Å². The zero-order valence-electron chi connectivity index (χ0n) is 17.9. The number of rotatable bonds is 5. The molecule has 1 aliphatic heterocycles. The van der Waals surface area contributed by atoms with Crippen LogP contribution in [0.1, 0.15) is 29.9 Å². The molecule has 2 amide bonds. The summed E-state index contributed by atoms with van der Waals surface area (Å²) < 4.78 is 5.78. The van der Waals surface area contributed by atoms with Crippen molar-refractivity contribution in [3.8, 4) is 0 Å². The number of carbonyl (C=O) groups excluding carboxylic acids is 2. The lowest BCUT2D eigenvalue weighted by Gasteiger charge is -2.33. The van der Waals surface area contributed by atoms with Gasteiger partial charge >= 0.3 is 0 Å². The third kappa shape index (κ3) is 4.94. The van der Waals surface area contributed by atoms with Gasteiger partial charge in [-0.1, -0.05) is 18.2 Å². The Morgan fingerprint density at radius 3 is 2.81 bits per heavy atom. The van der Waals surface area contributed by atoms with Gasteiger partial charge in [0.2, 0.25) is 5.91 Å². The summed E-state index contributed by atoms with van der Waals surface area (Å²) in [6.07, 6.45) is 2.60. The monoisotopic (exact) mass is 420 g/mol. The molecule has 1 unspecified atom stereocenters. The van der Waals surface area contributed by atoms with Gasteiger partial charge in [0.1, 0.15) is 11.2 Å². The van der Waals surface area contributed by atoms with E-state index in [9.17, 15) is 9.59 Å². The Morgan fingerprint density at radius 1 is 1.19 bits per heavy atom. The molecule has 7 nitrogen and oxygen atoms in total. The van der Waals surface area contributed by atoms with Crippen molar-refractivity contribution in [3.63, 3.8) is 0 Å². The fraction of sp³-hybridized carbons (Fsp3) is 0.375. The summed E-state index contributed by atoms with van der Waals surface area (Å²) in [6, 6.07) is 15.0. The zero-order valence-corrected chi connectivity index (χ0v) is 17.9. The molecule has 0 radical (unpaired) electrons. The van der Waals surface area contributed by atoms with E-state index >= 15 is 0 Å². The number of pyridine rings is 1. The van der Waals surface area contributed by atoms with Gasteiger partial charge in [-0.15, -0.1) is 0 Å². The predicted molar refractivity (Wildman–Crippen MR) is 119 cm³/mol. The average Bonchev–Trinajstić information content (AvgIpc) is 3.11. The average molecular weight is 421 g/mol. The molecule has 1 aromatic carbocycles. The van der Waals surface area contributed by atoms with Crippen LogP contribution in [-0.4, -0.2) is 58.5 Å². The summed E-state index contributed by atoms with van der Waals surface area (Å²) >= 11 is 0. The highest BCUT2D eigenvalue weighted by Gasteiger charge is 2.35. The molecule has 0 aliphatic carbocycles. The van der Waals surface area contributed by atoms with Crippen LogP contribution >= 0.6 is 0 Å². The fourth-order valence-corrected chi connectivity index (χ4v) is 3.96. The van der Waals surface area contributed by atoms with Gasteiger partial charge < -0.3 is 19.9 Å². The number of carbonyl (C=O) groups is 2. The Morgan fingerprint density at radius 2 is 2.00 bits per heavy atom. The van der Waals surface area contributed by atoms with Crippen LogP contribution in [0.2, 0.25) is 0 Å². The summed E-state index contributed by atoms with van der Waals surface area (Å²) in [6.45, 7) is 5.62. The van der Waals surface area contributed by atoms with E-state index in [1.54, 1.807) is 43.0 Å². The summed E-state index contributed by atoms with van der Waals surface area (Å²) in [5.41, 5.74) is 1.34. The van der Waals surface area contributed by atoms with Crippen LogP contribution in [0.3, 0.4) is 0 Å². The van der Waals surface area contributed by atoms with E-state index in [1.165, 1.54) is 0 Å². The Labute approximate surface area is 181 Å². The van der Waals surface area contributed by atoms with E-state index in [4.69, 9.17) is 4.74 Å². The SMILES string of the molecule is CC(C)(NC(=O)c1ccccc1)C(=O)N1CCOCC(Cc2ccc3cc[nH]c3n2)C1. The molecule has 3 heterocycles. The van der Waals surface area contributed by atoms with E-state index in [0.717, 1.165) is 23.1 Å². The number of aromatic nitrogens is 2. The smallest absolute Gasteiger partial charge is 0.252 e. The first-order chi connectivity index (χ1) is 14.9. The van der Waals surface area contributed by atoms with E-state index in [-0.39, 0.29) is 17.7 Å². The molecule has 0 spiro atoms. The van der Waals surface area contributed by atoms with Crippen LogP contribution in [0, 0.1) is 5.92 Å². The minimum absolute atomic E-state index is 0.111. The zero-order chi connectivity index (χ0) is 21.8. The molecule has 162 valence electrons. The quantitative estimate of drug-likeness (QED) is 0.665. The molecule has 3 aromatic rings. The van der Waals surface area contributed by atoms with Gasteiger partial charge in [-0.25, -0.2) is 4.98 Å². The van der Waals surface area contributed by atoms with Crippen LogP contribution in [0.4, 0.5) is 0 Å². The lowest BCUT2D eigenvalue weighted by molar-refractivity contribution is -0.137. The van der Waals surface area contributed by atoms with Gasteiger partial charge in [-0.05, 0) is 50.6 Å². The van der Waals surface area contributed by atoms with Gasteiger partial charge in [0, 0.05) is 41.8 Å². The van der Waals surface area contributed by atoms with Crippen molar-refractivity contribution in [1.29, 1.82) is 0 Å². The van der Waals surface area contributed by atoms with Gasteiger partial charge in [0.25, 0.3) is 5.91 Å². The highest BCUT2D eigenvalue weighted by atomic mass is 16.5. The van der Waals surface area contributed by atoms with Crippen LogP contribution in [0.25, 0.3) is 11.0 Å². The third-order valence-electron chi connectivity index (χ3n) is 5.59. The molecule has 1 atom stereocenters. The number of H-pyrrole nitrogens is 1. The second kappa shape index (κ2) is 8.89. The molecule has 2 N–H and O–H groups in total. The molecule has 1 aliphatic rings. The number of amides is 2. The Kier molecular flexibility index (Phi) is 6.04. The van der Waals surface area contributed by atoms with Gasteiger partial charge in [-0.2, -0.15) is 0 Å². The number of benzene rings is 1. The first kappa shape index (κ1) is 21.1. The molecular weight excluding hydrogens is 392 g/mol. The van der Waals surface area contributed by atoms with Crippen molar-refractivity contribution in [1.82, 2.24) is 20.2 Å². The largest absolute Gasteiger partial charge is 0.379 e. The van der Waals surface area contributed by atoms with Gasteiger partial charge in [-0.3, -0.25) is 9.59 Å².